The first kappa shape index (κ1) is 15.0. The Morgan fingerprint density at radius 3 is 2.61 bits per heavy atom. The molecule has 1 atom stereocenters. The van der Waals surface area contributed by atoms with Gasteiger partial charge in [0, 0.05) is 5.02 Å². The van der Waals surface area contributed by atoms with Crippen molar-refractivity contribution in [3.05, 3.63) is 34.3 Å². The molecule has 0 fully saturated rings. The van der Waals surface area contributed by atoms with E-state index in [9.17, 15) is 9.90 Å². The van der Waals surface area contributed by atoms with Gasteiger partial charge in [-0.25, -0.2) is 4.79 Å². The molecular weight excluding hydrogens is 252 g/mol. The van der Waals surface area contributed by atoms with Crippen LogP contribution >= 0.6 is 11.6 Å². The lowest BCUT2D eigenvalue weighted by Gasteiger charge is -2.13. The maximum atomic E-state index is 11.4. The number of carbonyl (C=O) groups excluding carboxylic acids is 1. The normalized spacial score (nSPS) is 12.6. The molecule has 0 aliphatic rings. The van der Waals surface area contributed by atoms with Crippen LogP contribution in [0.25, 0.3) is 0 Å². The second-order valence-electron chi connectivity index (χ2n) is 4.60. The largest absolute Gasteiger partial charge is 0.464 e. The molecule has 0 saturated carbocycles. The fourth-order valence-electron chi connectivity index (χ4n) is 1.70. The van der Waals surface area contributed by atoms with Gasteiger partial charge in [-0.15, -0.1) is 0 Å². The second kappa shape index (κ2) is 6.76. The summed E-state index contributed by atoms with van der Waals surface area (Å²) in [6.45, 7) is 6.16. The van der Waals surface area contributed by atoms with Crippen LogP contribution in [0.5, 0.6) is 0 Å². The lowest BCUT2D eigenvalue weighted by atomic mass is 10.00. The number of ether oxygens (including phenoxy) is 1. The first-order valence-electron chi connectivity index (χ1n) is 6.08. The van der Waals surface area contributed by atoms with Crippen molar-refractivity contribution in [2.45, 2.75) is 33.3 Å². The number of carbonyl (C=O) groups is 1. The molecule has 1 unspecified atom stereocenters. The van der Waals surface area contributed by atoms with Gasteiger partial charge in [0.2, 0.25) is 0 Å². The molecule has 0 saturated heterocycles. The monoisotopic (exact) mass is 270 g/mol. The maximum absolute atomic E-state index is 11.4. The number of esters is 1. The molecular formula is C14H19ClO3. The molecule has 1 aromatic rings. The van der Waals surface area contributed by atoms with Crippen molar-refractivity contribution in [1.29, 1.82) is 0 Å². The Hall–Kier alpha value is -1.06. The molecule has 0 amide bonds. The van der Waals surface area contributed by atoms with E-state index in [1.165, 1.54) is 0 Å². The first-order chi connectivity index (χ1) is 8.45. The van der Waals surface area contributed by atoms with Crippen molar-refractivity contribution in [2.75, 3.05) is 6.61 Å². The van der Waals surface area contributed by atoms with Crippen LogP contribution in [-0.2, 0) is 16.0 Å². The number of aliphatic hydroxyl groups excluding tert-OH is 1. The summed E-state index contributed by atoms with van der Waals surface area (Å²) in [5.41, 5.74) is 1.48. The summed E-state index contributed by atoms with van der Waals surface area (Å²) >= 11 is 6.14. The minimum atomic E-state index is -1.27. The number of hydrogen-bond acceptors (Lipinski definition) is 3. The molecule has 1 aromatic carbocycles. The van der Waals surface area contributed by atoms with Gasteiger partial charge in [0.25, 0.3) is 0 Å². The molecule has 0 aliphatic heterocycles. The topological polar surface area (TPSA) is 46.5 Å². The number of aliphatic hydroxyl groups is 1. The van der Waals surface area contributed by atoms with Crippen LogP contribution in [0, 0.1) is 5.92 Å². The van der Waals surface area contributed by atoms with E-state index < -0.39 is 12.1 Å². The summed E-state index contributed by atoms with van der Waals surface area (Å²) in [7, 11) is 0. The molecule has 1 N–H and O–H groups in total. The van der Waals surface area contributed by atoms with Gasteiger partial charge in [-0.2, -0.15) is 0 Å². The van der Waals surface area contributed by atoms with Gasteiger partial charge >= 0.3 is 5.97 Å². The Bertz CT molecular complexity index is 416. The van der Waals surface area contributed by atoms with Gasteiger partial charge in [0.05, 0.1) is 6.61 Å². The highest BCUT2D eigenvalue weighted by molar-refractivity contribution is 6.31. The van der Waals surface area contributed by atoms with E-state index in [1.54, 1.807) is 19.1 Å². The number of hydrogen-bond donors (Lipinski definition) is 1. The molecule has 100 valence electrons. The lowest BCUT2D eigenvalue weighted by Crippen LogP contribution is -2.15. The van der Waals surface area contributed by atoms with E-state index >= 15 is 0 Å². The average Bonchev–Trinajstić information content (AvgIpc) is 2.30. The molecule has 1 rings (SSSR count). The Labute approximate surface area is 113 Å². The second-order valence-corrected chi connectivity index (χ2v) is 5.01. The molecule has 4 heteroatoms. The highest BCUT2D eigenvalue weighted by Gasteiger charge is 2.19. The smallest absolute Gasteiger partial charge is 0.339 e. The SMILES string of the molecule is CCOC(=O)C(O)c1ccc(CC(C)C)c(Cl)c1. The van der Waals surface area contributed by atoms with Crippen molar-refractivity contribution in [3.8, 4) is 0 Å². The zero-order valence-corrected chi connectivity index (χ0v) is 11.7. The Morgan fingerprint density at radius 2 is 2.11 bits per heavy atom. The average molecular weight is 271 g/mol. The van der Waals surface area contributed by atoms with E-state index in [1.807, 2.05) is 6.07 Å². The summed E-state index contributed by atoms with van der Waals surface area (Å²) in [4.78, 5) is 11.4. The summed E-state index contributed by atoms with van der Waals surface area (Å²) < 4.78 is 4.76. The Kier molecular flexibility index (Phi) is 5.63. The van der Waals surface area contributed by atoms with Gasteiger partial charge < -0.3 is 9.84 Å². The van der Waals surface area contributed by atoms with Crippen LogP contribution in [0.3, 0.4) is 0 Å². The molecule has 0 radical (unpaired) electrons. The summed E-state index contributed by atoms with van der Waals surface area (Å²) in [6, 6.07) is 5.19. The predicted molar refractivity (Wildman–Crippen MR) is 71.6 cm³/mol. The summed E-state index contributed by atoms with van der Waals surface area (Å²) in [5, 5.41) is 10.4. The van der Waals surface area contributed by atoms with Crippen LogP contribution < -0.4 is 0 Å². The molecule has 0 heterocycles. The van der Waals surface area contributed by atoms with E-state index in [0.29, 0.717) is 16.5 Å². The Balaban J connectivity index is 2.86. The molecule has 0 spiro atoms. The predicted octanol–water partition coefficient (Wildman–Crippen LogP) is 3.14. The van der Waals surface area contributed by atoms with Gasteiger partial charge in [0.15, 0.2) is 6.10 Å². The van der Waals surface area contributed by atoms with E-state index in [2.05, 4.69) is 13.8 Å². The highest BCUT2D eigenvalue weighted by atomic mass is 35.5. The number of benzene rings is 1. The molecule has 3 nitrogen and oxygen atoms in total. The van der Waals surface area contributed by atoms with E-state index in [0.717, 1.165) is 12.0 Å². The van der Waals surface area contributed by atoms with Crippen LogP contribution in [0.15, 0.2) is 18.2 Å². The van der Waals surface area contributed by atoms with Crippen molar-refractivity contribution in [2.24, 2.45) is 5.92 Å². The highest BCUT2D eigenvalue weighted by Crippen LogP contribution is 2.24. The maximum Gasteiger partial charge on any atom is 0.339 e. The van der Waals surface area contributed by atoms with Crippen LogP contribution in [-0.4, -0.2) is 17.7 Å². The molecule has 0 bridgehead atoms. The standard InChI is InChI=1S/C14H19ClO3/c1-4-18-14(17)13(16)11-6-5-10(7-9(2)3)12(15)8-11/h5-6,8-9,13,16H,4,7H2,1-3H3. The van der Waals surface area contributed by atoms with Crippen molar-refractivity contribution in [1.82, 2.24) is 0 Å². The fourth-order valence-corrected chi connectivity index (χ4v) is 1.96. The zero-order valence-electron chi connectivity index (χ0n) is 10.9. The minimum Gasteiger partial charge on any atom is -0.464 e. The molecule has 0 aromatic heterocycles. The van der Waals surface area contributed by atoms with Crippen LogP contribution in [0.1, 0.15) is 38.0 Å². The van der Waals surface area contributed by atoms with Crippen molar-refractivity contribution >= 4 is 17.6 Å². The molecule has 18 heavy (non-hydrogen) atoms. The summed E-state index contributed by atoms with van der Waals surface area (Å²) in [5.74, 6) is -0.145. The zero-order chi connectivity index (χ0) is 13.7. The van der Waals surface area contributed by atoms with Crippen molar-refractivity contribution < 1.29 is 14.6 Å². The number of halogens is 1. The lowest BCUT2D eigenvalue weighted by molar-refractivity contribution is -0.153. The van der Waals surface area contributed by atoms with Gasteiger partial charge in [-0.3, -0.25) is 0 Å². The van der Waals surface area contributed by atoms with Gasteiger partial charge in [-0.1, -0.05) is 37.6 Å². The van der Waals surface area contributed by atoms with Crippen molar-refractivity contribution in [3.63, 3.8) is 0 Å². The van der Waals surface area contributed by atoms with Crippen LogP contribution in [0.2, 0.25) is 5.02 Å². The Morgan fingerprint density at radius 1 is 1.44 bits per heavy atom. The van der Waals surface area contributed by atoms with Gasteiger partial charge in [-0.05, 0) is 36.5 Å². The summed E-state index contributed by atoms with van der Waals surface area (Å²) in [6.07, 6.45) is -0.398. The molecule has 0 aliphatic carbocycles. The third-order valence-electron chi connectivity index (χ3n) is 2.53. The first-order valence-corrected chi connectivity index (χ1v) is 6.46. The van der Waals surface area contributed by atoms with E-state index in [4.69, 9.17) is 16.3 Å². The van der Waals surface area contributed by atoms with Gasteiger partial charge in [0.1, 0.15) is 0 Å². The number of rotatable bonds is 5. The van der Waals surface area contributed by atoms with E-state index in [-0.39, 0.29) is 6.61 Å². The van der Waals surface area contributed by atoms with Crippen LogP contribution in [0.4, 0.5) is 0 Å². The third-order valence-corrected chi connectivity index (χ3v) is 2.88. The minimum absolute atomic E-state index is 0.245. The third kappa shape index (κ3) is 4.00. The fraction of sp³-hybridized carbons (Fsp3) is 0.500. The quantitative estimate of drug-likeness (QED) is 0.836.